The topological polar surface area (TPSA) is 108 Å². The second kappa shape index (κ2) is 7.89. The third-order valence-electron chi connectivity index (χ3n) is 3.95. The van der Waals surface area contributed by atoms with E-state index in [0.717, 1.165) is 24.9 Å². The highest BCUT2D eigenvalue weighted by atomic mass is 16.6. The maximum absolute atomic E-state index is 11.2. The Balaban J connectivity index is 2.12. The van der Waals surface area contributed by atoms with E-state index in [-0.39, 0.29) is 18.0 Å². The van der Waals surface area contributed by atoms with Crippen molar-refractivity contribution in [3.63, 3.8) is 0 Å². The second-order valence-electron chi connectivity index (χ2n) is 5.43. The van der Waals surface area contributed by atoms with Crippen molar-refractivity contribution in [2.24, 2.45) is 5.73 Å². The van der Waals surface area contributed by atoms with Gasteiger partial charge in [0.2, 0.25) is 0 Å². The maximum Gasteiger partial charge on any atom is 0.343 e. The Morgan fingerprint density at radius 2 is 2.30 bits per heavy atom. The van der Waals surface area contributed by atoms with Crippen molar-refractivity contribution in [1.82, 2.24) is 4.90 Å². The first-order valence-electron chi connectivity index (χ1n) is 7.46. The molecule has 1 atom stereocenters. The normalized spacial score (nSPS) is 17.9. The molecule has 1 aliphatic rings. The zero-order valence-electron chi connectivity index (χ0n) is 13.1. The molecular formula is C15H21N3O5. The molecule has 0 spiro atoms. The summed E-state index contributed by atoms with van der Waals surface area (Å²) in [7, 11) is 1.23. The van der Waals surface area contributed by atoms with Crippen LogP contribution in [0, 0.1) is 10.1 Å². The van der Waals surface area contributed by atoms with Gasteiger partial charge in [-0.3, -0.25) is 15.0 Å². The van der Waals surface area contributed by atoms with Crippen molar-refractivity contribution >= 4 is 11.7 Å². The van der Waals surface area contributed by atoms with Crippen LogP contribution in [0.3, 0.4) is 0 Å². The third kappa shape index (κ3) is 4.40. The fourth-order valence-corrected chi connectivity index (χ4v) is 2.73. The highest BCUT2D eigenvalue weighted by molar-refractivity contribution is 5.71. The number of ether oxygens (including phenoxy) is 2. The van der Waals surface area contributed by atoms with Gasteiger partial charge >= 0.3 is 11.7 Å². The van der Waals surface area contributed by atoms with Crippen LogP contribution < -0.4 is 10.5 Å². The number of likely N-dealkylation sites (tertiary alicyclic amines) is 1. The van der Waals surface area contributed by atoms with Crippen molar-refractivity contribution < 1.29 is 19.2 Å². The molecule has 1 saturated heterocycles. The molecule has 0 saturated carbocycles. The van der Waals surface area contributed by atoms with Gasteiger partial charge in [-0.1, -0.05) is 6.07 Å². The van der Waals surface area contributed by atoms with E-state index >= 15 is 0 Å². The molecular weight excluding hydrogens is 302 g/mol. The highest BCUT2D eigenvalue weighted by Gasteiger charge is 2.24. The number of rotatable bonds is 7. The van der Waals surface area contributed by atoms with Crippen LogP contribution in [0.4, 0.5) is 5.69 Å². The molecule has 1 aromatic rings. The van der Waals surface area contributed by atoms with Crippen LogP contribution in [-0.4, -0.2) is 48.6 Å². The zero-order chi connectivity index (χ0) is 16.8. The first kappa shape index (κ1) is 17.2. The summed E-state index contributed by atoms with van der Waals surface area (Å²) in [5, 5.41) is 11.2. The largest absolute Gasteiger partial charge is 0.475 e. The van der Waals surface area contributed by atoms with E-state index in [9.17, 15) is 14.9 Å². The summed E-state index contributed by atoms with van der Waals surface area (Å²) >= 11 is 0. The third-order valence-corrected chi connectivity index (χ3v) is 3.95. The average molecular weight is 323 g/mol. The van der Waals surface area contributed by atoms with Gasteiger partial charge in [-0.2, -0.15) is 0 Å². The van der Waals surface area contributed by atoms with Crippen LogP contribution in [0.1, 0.15) is 18.4 Å². The summed E-state index contributed by atoms with van der Waals surface area (Å²) in [6, 6.07) is 5.10. The van der Waals surface area contributed by atoms with E-state index in [1.165, 1.54) is 19.2 Å². The van der Waals surface area contributed by atoms with Crippen molar-refractivity contribution in [3.8, 4) is 5.75 Å². The summed E-state index contributed by atoms with van der Waals surface area (Å²) < 4.78 is 9.63. The van der Waals surface area contributed by atoms with Crippen LogP contribution >= 0.6 is 0 Å². The van der Waals surface area contributed by atoms with Gasteiger partial charge in [0, 0.05) is 25.2 Å². The number of carbonyl (C=O) groups excluding carboxylic acids is 1. The Kier molecular flexibility index (Phi) is 5.89. The van der Waals surface area contributed by atoms with Crippen molar-refractivity contribution in [3.05, 3.63) is 33.9 Å². The summed E-state index contributed by atoms with van der Waals surface area (Å²) in [4.78, 5) is 24.0. The average Bonchev–Trinajstić information content (AvgIpc) is 3.00. The number of carbonyl (C=O) groups is 1. The molecule has 1 unspecified atom stereocenters. The summed E-state index contributed by atoms with van der Waals surface area (Å²) in [5.41, 5.74) is 6.41. The minimum atomic E-state index is -0.591. The molecule has 1 aromatic carbocycles. The van der Waals surface area contributed by atoms with Crippen LogP contribution in [0.5, 0.6) is 5.75 Å². The lowest BCUT2D eigenvalue weighted by molar-refractivity contribution is -0.385. The number of nitro groups is 1. The van der Waals surface area contributed by atoms with Crippen molar-refractivity contribution in [1.29, 1.82) is 0 Å². The smallest absolute Gasteiger partial charge is 0.343 e. The number of esters is 1. The molecule has 126 valence electrons. The van der Waals surface area contributed by atoms with Gasteiger partial charge in [0.25, 0.3) is 0 Å². The molecule has 1 heterocycles. The van der Waals surface area contributed by atoms with E-state index < -0.39 is 10.9 Å². The standard InChI is InChI=1S/C15H21N3O5/c1-22-15(19)10-23-14-5-4-11(7-13(14)18(20)21)9-17-6-2-3-12(17)8-16/h4-5,7,12H,2-3,6,8-10,16H2,1H3. The van der Waals surface area contributed by atoms with E-state index in [1.807, 2.05) is 0 Å². The lowest BCUT2D eigenvalue weighted by atomic mass is 10.1. The van der Waals surface area contributed by atoms with Crippen LogP contribution in [0.25, 0.3) is 0 Å². The fraction of sp³-hybridized carbons (Fsp3) is 0.533. The van der Waals surface area contributed by atoms with Crippen molar-refractivity contribution in [2.45, 2.75) is 25.4 Å². The van der Waals surface area contributed by atoms with Crippen LogP contribution in [0.2, 0.25) is 0 Å². The molecule has 23 heavy (non-hydrogen) atoms. The SMILES string of the molecule is COC(=O)COc1ccc(CN2CCCC2CN)cc1[N+](=O)[O-]. The number of methoxy groups -OCH3 is 1. The van der Waals surface area contributed by atoms with E-state index in [4.69, 9.17) is 10.5 Å². The number of hydrogen-bond acceptors (Lipinski definition) is 7. The Morgan fingerprint density at radius 3 is 2.96 bits per heavy atom. The molecule has 0 bridgehead atoms. The minimum absolute atomic E-state index is 0.0564. The molecule has 0 amide bonds. The summed E-state index contributed by atoms with van der Waals surface area (Å²) in [6.07, 6.45) is 2.14. The molecule has 8 heteroatoms. The number of nitrogens with zero attached hydrogens (tertiary/aromatic N) is 2. The Labute approximate surface area is 134 Å². The van der Waals surface area contributed by atoms with Gasteiger partial charge in [0.15, 0.2) is 12.4 Å². The second-order valence-corrected chi connectivity index (χ2v) is 5.43. The van der Waals surface area contributed by atoms with Crippen LogP contribution in [0.15, 0.2) is 18.2 Å². The molecule has 1 fully saturated rings. The number of hydrogen-bond donors (Lipinski definition) is 1. The van der Waals surface area contributed by atoms with Gasteiger partial charge < -0.3 is 15.2 Å². The molecule has 0 aliphatic carbocycles. The molecule has 2 rings (SSSR count). The van der Waals surface area contributed by atoms with E-state index in [2.05, 4.69) is 9.64 Å². The lowest BCUT2D eigenvalue weighted by Crippen LogP contribution is -2.34. The molecule has 0 radical (unpaired) electrons. The Bertz CT molecular complexity index is 578. The quantitative estimate of drug-likeness (QED) is 0.454. The van der Waals surface area contributed by atoms with E-state index in [1.54, 1.807) is 6.07 Å². The lowest BCUT2D eigenvalue weighted by Gasteiger charge is -2.23. The van der Waals surface area contributed by atoms with Crippen LogP contribution in [-0.2, 0) is 16.1 Å². The Hall–Kier alpha value is -2.19. The van der Waals surface area contributed by atoms with Gasteiger partial charge in [-0.15, -0.1) is 0 Å². The first-order valence-corrected chi connectivity index (χ1v) is 7.46. The predicted molar refractivity (Wildman–Crippen MR) is 83.1 cm³/mol. The molecule has 8 nitrogen and oxygen atoms in total. The van der Waals surface area contributed by atoms with Crippen molar-refractivity contribution in [2.75, 3.05) is 26.8 Å². The minimum Gasteiger partial charge on any atom is -0.475 e. The molecule has 0 aromatic heterocycles. The maximum atomic E-state index is 11.2. The number of benzene rings is 1. The van der Waals surface area contributed by atoms with Gasteiger partial charge in [0.1, 0.15) is 0 Å². The number of nitro benzene ring substituents is 1. The van der Waals surface area contributed by atoms with Gasteiger partial charge in [-0.05, 0) is 31.0 Å². The Morgan fingerprint density at radius 1 is 1.52 bits per heavy atom. The monoisotopic (exact) mass is 323 g/mol. The molecule has 2 N–H and O–H groups in total. The highest BCUT2D eigenvalue weighted by Crippen LogP contribution is 2.29. The van der Waals surface area contributed by atoms with Gasteiger partial charge in [0.05, 0.1) is 12.0 Å². The zero-order valence-corrected chi connectivity index (χ0v) is 13.1. The predicted octanol–water partition coefficient (Wildman–Crippen LogP) is 1.07. The number of nitrogens with two attached hydrogens (primary N) is 1. The summed E-state index contributed by atoms with van der Waals surface area (Å²) in [5.74, 6) is -0.535. The molecule has 1 aliphatic heterocycles. The first-order chi connectivity index (χ1) is 11.0. The van der Waals surface area contributed by atoms with E-state index in [0.29, 0.717) is 19.1 Å². The fourth-order valence-electron chi connectivity index (χ4n) is 2.73. The summed E-state index contributed by atoms with van der Waals surface area (Å²) in [6.45, 7) is 1.77. The van der Waals surface area contributed by atoms with Gasteiger partial charge in [-0.25, -0.2) is 4.79 Å².